The summed E-state index contributed by atoms with van der Waals surface area (Å²) in [6.07, 6.45) is 1.72. The van der Waals surface area contributed by atoms with Crippen LogP contribution in [0.15, 0.2) is 24.8 Å². The monoisotopic (exact) mass is 284 g/mol. The van der Waals surface area contributed by atoms with Crippen LogP contribution in [0.4, 0.5) is 13.2 Å². The van der Waals surface area contributed by atoms with E-state index in [-0.39, 0.29) is 18.5 Å². The number of alkyl halides is 3. The number of rotatable bonds is 1. The lowest BCUT2D eigenvalue weighted by Gasteiger charge is -2.26. The summed E-state index contributed by atoms with van der Waals surface area (Å²) in [5, 5.41) is 0. The van der Waals surface area contributed by atoms with Crippen molar-refractivity contribution in [3.05, 3.63) is 30.4 Å². The number of amides is 1. The van der Waals surface area contributed by atoms with Gasteiger partial charge >= 0.3 is 6.18 Å². The van der Waals surface area contributed by atoms with E-state index in [0.29, 0.717) is 12.2 Å². The minimum Gasteiger partial charge on any atom is -0.326 e. The van der Waals surface area contributed by atoms with E-state index in [4.69, 9.17) is 0 Å². The van der Waals surface area contributed by atoms with Crippen molar-refractivity contribution in [2.75, 3.05) is 6.54 Å². The van der Waals surface area contributed by atoms with Crippen molar-refractivity contribution >= 4 is 11.7 Å². The van der Waals surface area contributed by atoms with Gasteiger partial charge in [-0.3, -0.25) is 9.20 Å². The normalized spacial score (nSPS) is 19.8. The van der Waals surface area contributed by atoms with Crippen molar-refractivity contribution in [1.82, 2.24) is 19.3 Å². The lowest BCUT2D eigenvalue weighted by molar-refractivity contribution is -0.169. The Bertz CT molecular complexity index is 651. The van der Waals surface area contributed by atoms with Crippen molar-refractivity contribution in [3.63, 3.8) is 0 Å². The molecule has 1 atom stereocenters. The molecule has 0 radical (unpaired) electrons. The SMILES string of the molecule is O=C(c1cnc2nccn2c1)N1CCC[C@H]1C(F)(F)F. The maximum Gasteiger partial charge on any atom is 0.408 e. The van der Waals surface area contributed by atoms with Gasteiger partial charge in [0.2, 0.25) is 5.78 Å². The van der Waals surface area contributed by atoms with Crippen LogP contribution in [0.1, 0.15) is 23.2 Å². The first-order valence-electron chi connectivity index (χ1n) is 6.13. The highest BCUT2D eigenvalue weighted by atomic mass is 19.4. The third-order valence-corrected chi connectivity index (χ3v) is 3.38. The van der Waals surface area contributed by atoms with Crippen LogP contribution in [0.25, 0.3) is 5.78 Å². The number of carbonyl (C=O) groups excluding carboxylic acids is 1. The van der Waals surface area contributed by atoms with Crippen LogP contribution in [0.5, 0.6) is 0 Å². The average molecular weight is 284 g/mol. The molecule has 1 saturated heterocycles. The van der Waals surface area contributed by atoms with E-state index >= 15 is 0 Å². The number of aromatic nitrogens is 3. The third kappa shape index (κ3) is 2.10. The van der Waals surface area contributed by atoms with Crippen molar-refractivity contribution in [2.24, 2.45) is 0 Å². The van der Waals surface area contributed by atoms with Crippen LogP contribution in [0.3, 0.4) is 0 Å². The van der Waals surface area contributed by atoms with Crippen LogP contribution in [0.2, 0.25) is 0 Å². The number of nitrogens with zero attached hydrogens (tertiary/aromatic N) is 4. The number of imidazole rings is 1. The molecule has 5 nitrogen and oxygen atoms in total. The van der Waals surface area contributed by atoms with Crippen molar-refractivity contribution in [2.45, 2.75) is 25.1 Å². The molecule has 0 unspecified atom stereocenters. The minimum atomic E-state index is -4.39. The molecule has 0 N–H and O–H groups in total. The predicted molar refractivity (Wildman–Crippen MR) is 63.1 cm³/mol. The molecule has 0 spiro atoms. The molecule has 1 fully saturated rings. The highest BCUT2D eigenvalue weighted by molar-refractivity contribution is 5.94. The van der Waals surface area contributed by atoms with E-state index in [9.17, 15) is 18.0 Å². The maximum absolute atomic E-state index is 12.9. The fourth-order valence-electron chi connectivity index (χ4n) is 2.44. The van der Waals surface area contributed by atoms with Crippen LogP contribution >= 0.6 is 0 Å². The third-order valence-electron chi connectivity index (χ3n) is 3.38. The Kier molecular flexibility index (Phi) is 2.88. The van der Waals surface area contributed by atoms with Gasteiger partial charge < -0.3 is 4.90 Å². The molecule has 0 aromatic carbocycles. The van der Waals surface area contributed by atoms with Gasteiger partial charge in [0.1, 0.15) is 6.04 Å². The van der Waals surface area contributed by atoms with Gasteiger partial charge in [0.05, 0.1) is 5.56 Å². The molecular formula is C12H11F3N4O. The highest BCUT2D eigenvalue weighted by Crippen LogP contribution is 2.33. The first-order chi connectivity index (χ1) is 9.47. The van der Waals surface area contributed by atoms with Gasteiger partial charge in [0, 0.05) is 31.3 Å². The molecule has 1 aliphatic heterocycles. The minimum absolute atomic E-state index is 0.0456. The zero-order valence-electron chi connectivity index (χ0n) is 10.3. The molecule has 0 bridgehead atoms. The first kappa shape index (κ1) is 12.9. The van der Waals surface area contributed by atoms with E-state index in [1.165, 1.54) is 23.0 Å². The van der Waals surface area contributed by atoms with E-state index in [1.807, 2.05) is 0 Å². The highest BCUT2D eigenvalue weighted by Gasteiger charge is 2.47. The fraction of sp³-hybridized carbons (Fsp3) is 0.417. The number of fused-ring (bicyclic) bond motifs is 1. The van der Waals surface area contributed by atoms with Crippen LogP contribution in [-0.4, -0.2) is 43.9 Å². The number of likely N-dealkylation sites (tertiary alicyclic amines) is 1. The summed E-state index contributed by atoms with van der Waals surface area (Å²) in [6.45, 7) is 0.116. The van der Waals surface area contributed by atoms with Gasteiger partial charge in [-0.25, -0.2) is 9.97 Å². The predicted octanol–water partition coefficient (Wildman–Crippen LogP) is 1.90. The first-order valence-corrected chi connectivity index (χ1v) is 6.13. The van der Waals surface area contributed by atoms with E-state index < -0.39 is 18.1 Å². The maximum atomic E-state index is 12.9. The summed E-state index contributed by atoms with van der Waals surface area (Å²) in [4.78, 5) is 21.0. The smallest absolute Gasteiger partial charge is 0.326 e. The van der Waals surface area contributed by atoms with Crippen molar-refractivity contribution in [1.29, 1.82) is 0 Å². The quantitative estimate of drug-likeness (QED) is 0.803. The molecule has 2 aromatic rings. The molecule has 0 saturated carbocycles. The van der Waals surface area contributed by atoms with Gasteiger partial charge in [-0.05, 0) is 12.8 Å². The number of halogens is 3. The second-order valence-corrected chi connectivity index (χ2v) is 4.68. The standard InChI is InChI=1S/C12H11F3N4O/c13-12(14,15)9-2-1-4-19(9)10(20)8-6-17-11-16-3-5-18(11)7-8/h3,5-7,9H,1-2,4H2/t9-/m0/s1. The second kappa shape index (κ2) is 4.46. The molecule has 20 heavy (non-hydrogen) atoms. The molecule has 8 heteroatoms. The average Bonchev–Trinajstić information content (AvgIpc) is 3.05. The summed E-state index contributed by atoms with van der Waals surface area (Å²) >= 11 is 0. The van der Waals surface area contributed by atoms with Crippen LogP contribution in [-0.2, 0) is 0 Å². The topological polar surface area (TPSA) is 50.5 Å². The second-order valence-electron chi connectivity index (χ2n) is 4.68. The molecule has 1 amide bonds. The summed E-state index contributed by atoms with van der Waals surface area (Å²) in [7, 11) is 0. The number of hydrogen-bond donors (Lipinski definition) is 0. The number of hydrogen-bond acceptors (Lipinski definition) is 3. The Morgan fingerprint density at radius 3 is 2.90 bits per heavy atom. The largest absolute Gasteiger partial charge is 0.408 e. The van der Waals surface area contributed by atoms with E-state index in [1.54, 1.807) is 6.20 Å². The van der Waals surface area contributed by atoms with E-state index in [0.717, 1.165) is 4.90 Å². The molecular weight excluding hydrogens is 273 g/mol. The zero-order valence-corrected chi connectivity index (χ0v) is 10.3. The van der Waals surface area contributed by atoms with Gasteiger partial charge in [0.15, 0.2) is 0 Å². The lowest BCUT2D eigenvalue weighted by atomic mass is 10.2. The molecule has 3 heterocycles. The lowest BCUT2D eigenvalue weighted by Crippen LogP contribution is -2.44. The van der Waals surface area contributed by atoms with Gasteiger partial charge in [-0.15, -0.1) is 0 Å². The van der Waals surface area contributed by atoms with E-state index in [2.05, 4.69) is 9.97 Å². The molecule has 2 aromatic heterocycles. The molecule has 3 rings (SSSR count). The Balaban J connectivity index is 1.91. The molecule has 0 aliphatic carbocycles. The van der Waals surface area contributed by atoms with Crippen molar-refractivity contribution in [3.8, 4) is 0 Å². The van der Waals surface area contributed by atoms with Gasteiger partial charge in [-0.2, -0.15) is 13.2 Å². The van der Waals surface area contributed by atoms with Crippen LogP contribution < -0.4 is 0 Å². The Morgan fingerprint density at radius 2 is 2.15 bits per heavy atom. The zero-order chi connectivity index (χ0) is 14.3. The van der Waals surface area contributed by atoms with Gasteiger partial charge in [-0.1, -0.05) is 0 Å². The van der Waals surface area contributed by atoms with Gasteiger partial charge in [0.25, 0.3) is 5.91 Å². The van der Waals surface area contributed by atoms with Crippen LogP contribution in [0, 0.1) is 0 Å². The Morgan fingerprint density at radius 1 is 1.35 bits per heavy atom. The summed E-state index contributed by atoms with van der Waals surface area (Å²) in [5.74, 6) is -0.247. The fourth-order valence-corrected chi connectivity index (χ4v) is 2.44. The Labute approximate surface area is 112 Å². The summed E-state index contributed by atoms with van der Waals surface area (Å²) in [5.41, 5.74) is 0.131. The number of carbonyl (C=O) groups is 1. The summed E-state index contributed by atoms with van der Waals surface area (Å²) in [6, 6.07) is -1.70. The Hall–Kier alpha value is -2.12. The molecule has 106 valence electrons. The molecule has 1 aliphatic rings. The van der Waals surface area contributed by atoms with Crippen molar-refractivity contribution < 1.29 is 18.0 Å². The summed E-state index contributed by atoms with van der Waals surface area (Å²) < 4.78 is 40.1.